The number of hydrogen-bond donors (Lipinski definition) is 2. The van der Waals surface area contributed by atoms with E-state index in [1.165, 1.54) is 6.33 Å². The van der Waals surface area contributed by atoms with Crippen LogP contribution in [0.1, 0.15) is 5.69 Å². The predicted molar refractivity (Wildman–Crippen MR) is 45.2 cm³/mol. The van der Waals surface area contributed by atoms with Crippen LogP contribution >= 0.6 is 12.4 Å². The fraction of sp³-hybridized carbons (Fsp3) is 0.400. The first-order valence-corrected chi connectivity index (χ1v) is 3.12. The van der Waals surface area contributed by atoms with Gasteiger partial charge in [-0.15, -0.1) is 12.4 Å². The highest BCUT2D eigenvalue weighted by molar-refractivity contribution is 5.85. The van der Waals surface area contributed by atoms with Crippen molar-refractivity contribution in [3.8, 4) is 0 Å². The van der Waals surface area contributed by atoms with E-state index in [4.69, 9.17) is 5.73 Å². The van der Waals surface area contributed by atoms with Crippen LogP contribution in [0, 0.1) is 10.1 Å². The zero-order valence-corrected chi connectivity index (χ0v) is 7.00. The molecule has 0 aliphatic carbocycles. The summed E-state index contributed by atoms with van der Waals surface area (Å²) in [5.74, 6) is -0.0598. The molecule has 3 N–H and O–H groups in total. The minimum atomic E-state index is -0.502. The summed E-state index contributed by atoms with van der Waals surface area (Å²) in [6.07, 6.45) is 1.73. The van der Waals surface area contributed by atoms with Gasteiger partial charge in [-0.3, -0.25) is 0 Å². The molecule has 1 aromatic rings. The van der Waals surface area contributed by atoms with Crippen molar-refractivity contribution in [2.45, 2.75) is 6.42 Å². The standard InChI is InChI=1S/C5H8N4O2.ClH/c6-2-1-4-5(9(10)11)8-3-7-4;/h3H,1-2,6H2,(H,7,8);1H. The van der Waals surface area contributed by atoms with Gasteiger partial charge in [0.15, 0.2) is 6.33 Å². The van der Waals surface area contributed by atoms with Crippen molar-refractivity contribution in [1.82, 2.24) is 9.97 Å². The molecule has 0 bridgehead atoms. The summed E-state index contributed by atoms with van der Waals surface area (Å²) in [6.45, 7) is 0.367. The molecule has 0 aliphatic heterocycles. The van der Waals surface area contributed by atoms with Crippen molar-refractivity contribution < 1.29 is 4.92 Å². The Balaban J connectivity index is 0.00000121. The van der Waals surface area contributed by atoms with Crippen molar-refractivity contribution in [3.05, 3.63) is 22.1 Å². The first-order chi connectivity index (χ1) is 5.25. The third-order valence-corrected chi connectivity index (χ3v) is 1.26. The van der Waals surface area contributed by atoms with Crippen LogP contribution in [0.15, 0.2) is 6.33 Å². The number of H-pyrrole nitrogens is 1. The topological polar surface area (TPSA) is 97.8 Å². The van der Waals surface area contributed by atoms with Crippen LogP contribution in [0.3, 0.4) is 0 Å². The molecule has 0 aromatic carbocycles. The highest BCUT2D eigenvalue weighted by Gasteiger charge is 2.12. The Hall–Kier alpha value is -1.14. The molecule has 7 heteroatoms. The molecule has 0 saturated heterocycles. The maximum absolute atomic E-state index is 10.3. The smallest absolute Gasteiger partial charge is 0.343 e. The highest BCUT2D eigenvalue weighted by atomic mass is 35.5. The lowest BCUT2D eigenvalue weighted by Gasteiger charge is -1.92. The van der Waals surface area contributed by atoms with Gasteiger partial charge in [0, 0.05) is 6.42 Å². The Kier molecular flexibility index (Phi) is 4.24. The number of hydrogen-bond acceptors (Lipinski definition) is 4. The molecule has 0 atom stereocenters. The Bertz CT molecular complexity index is 262. The highest BCUT2D eigenvalue weighted by Crippen LogP contribution is 2.11. The fourth-order valence-electron chi connectivity index (χ4n) is 0.794. The Morgan fingerprint density at radius 3 is 2.92 bits per heavy atom. The normalized spacial score (nSPS) is 9.08. The second-order valence-corrected chi connectivity index (χ2v) is 1.99. The number of nitrogens with zero attached hydrogens (tertiary/aromatic N) is 2. The van der Waals surface area contributed by atoms with E-state index in [-0.39, 0.29) is 18.2 Å². The van der Waals surface area contributed by atoms with Gasteiger partial charge in [-0.2, -0.15) is 0 Å². The van der Waals surface area contributed by atoms with E-state index < -0.39 is 4.92 Å². The van der Waals surface area contributed by atoms with Crippen LogP contribution in [0.5, 0.6) is 0 Å². The van der Waals surface area contributed by atoms with Crippen LogP contribution in [0.25, 0.3) is 0 Å². The summed E-state index contributed by atoms with van der Waals surface area (Å²) in [5, 5.41) is 10.3. The molecule has 68 valence electrons. The van der Waals surface area contributed by atoms with E-state index in [2.05, 4.69) is 9.97 Å². The molecule has 0 saturated carbocycles. The van der Waals surface area contributed by atoms with Crippen molar-refractivity contribution in [2.24, 2.45) is 5.73 Å². The van der Waals surface area contributed by atoms with Crippen LogP contribution in [-0.4, -0.2) is 21.4 Å². The summed E-state index contributed by atoms with van der Waals surface area (Å²) in [5.41, 5.74) is 5.63. The molecule has 1 heterocycles. The lowest BCUT2D eigenvalue weighted by molar-refractivity contribution is -0.390. The zero-order chi connectivity index (χ0) is 8.27. The minimum Gasteiger partial charge on any atom is -0.358 e. The SMILES string of the molecule is Cl.NCCc1nc[nH]c1[N+](=O)[O-]. The van der Waals surface area contributed by atoms with Crippen molar-refractivity contribution >= 4 is 18.2 Å². The van der Waals surface area contributed by atoms with Gasteiger partial charge in [-0.25, -0.2) is 9.97 Å². The van der Waals surface area contributed by atoms with Crippen LogP contribution in [0.2, 0.25) is 0 Å². The maximum Gasteiger partial charge on any atom is 0.343 e. The number of aromatic nitrogens is 2. The Morgan fingerprint density at radius 2 is 2.42 bits per heavy atom. The molecule has 0 unspecified atom stereocenters. The minimum absolute atomic E-state index is 0. The number of halogens is 1. The zero-order valence-electron chi connectivity index (χ0n) is 6.19. The van der Waals surface area contributed by atoms with Crippen LogP contribution in [-0.2, 0) is 6.42 Å². The van der Waals surface area contributed by atoms with E-state index >= 15 is 0 Å². The summed E-state index contributed by atoms with van der Waals surface area (Å²) in [4.78, 5) is 15.9. The summed E-state index contributed by atoms with van der Waals surface area (Å²) in [6, 6.07) is 0. The van der Waals surface area contributed by atoms with Crippen molar-refractivity contribution in [1.29, 1.82) is 0 Å². The number of imidazole rings is 1. The lowest BCUT2D eigenvalue weighted by atomic mass is 10.3. The quantitative estimate of drug-likeness (QED) is 0.530. The lowest BCUT2D eigenvalue weighted by Crippen LogP contribution is -2.05. The molecule has 6 nitrogen and oxygen atoms in total. The van der Waals surface area contributed by atoms with Gasteiger partial charge >= 0.3 is 5.82 Å². The fourth-order valence-corrected chi connectivity index (χ4v) is 0.794. The first kappa shape index (κ1) is 10.9. The van der Waals surface area contributed by atoms with E-state index in [9.17, 15) is 10.1 Å². The molecule has 0 amide bonds. The van der Waals surface area contributed by atoms with E-state index in [1.807, 2.05) is 0 Å². The molecule has 0 aliphatic rings. The monoisotopic (exact) mass is 192 g/mol. The van der Waals surface area contributed by atoms with Gasteiger partial charge in [0.05, 0.1) is 0 Å². The summed E-state index contributed by atoms with van der Waals surface area (Å²) >= 11 is 0. The number of aromatic amines is 1. The summed E-state index contributed by atoms with van der Waals surface area (Å²) < 4.78 is 0. The summed E-state index contributed by atoms with van der Waals surface area (Å²) in [7, 11) is 0. The van der Waals surface area contributed by atoms with E-state index in [0.717, 1.165) is 0 Å². The third kappa shape index (κ3) is 2.18. The molecule has 0 fully saturated rings. The number of nitro groups is 1. The Morgan fingerprint density at radius 1 is 1.75 bits per heavy atom. The Labute approximate surface area is 74.7 Å². The largest absolute Gasteiger partial charge is 0.358 e. The molecular formula is C5H9ClN4O2. The molecule has 1 aromatic heterocycles. The average molecular weight is 193 g/mol. The second-order valence-electron chi connectivity index (χ2n) is 1.99. The maximum atomic E-state index is 10.3. The van der Waals surface area contributed by atoms with E-state index in [1.54, 1.807) is 0 Å². The molecule has 0 radical (unpaired) electrons. The second kappa shape index (κ2) is 4.68. The average Bonchev–Trinajstić information content (AvgIpc) is 2.36. The van der Waals surface area contributed by atoms with Crippen molar-refractivity contribution in [3.63, 3.8) is 0 Å². The van der Waals surface area contributed by atoms with Gasteiger partial charge in [0.25, 0.3) is 0 Å². The molecule has 1 rings (SSSR count). The van der Waals surface area contributed by atoms with Crippen molar-refractivity contribution in [2.75, 3.05) is 6.54 Å². The van der Waals surface area contributed by atoms with Gasteiger partial charge < -0.3 is 15.8 Å². The molecule has 0 spiro atoms. The first-order valence-electron chi connectivity index (χ1n) is 3.12. The van der Waals surface area contributed by atoms with E-state index in [0.29, 0.717) is 18.7 Å². The molecule has 12 heavy (non-hydrogen) atoms. The number of nitrogens with one attached hydrogen (secondary N) is 1. The molecular weight excluding hydrogens is 184 g/mol. The third-order valence-electron chi connectivity index (χ3n) is 1.26. The van der Waals surface area contributed by atoms with Gasteiger partial charge in [-0.1, -0.05) is 0 Å². The van der Waals surface area contributed by atoms with Crippen LogP contribution < -0.4 is 5.73 Å². The predicted octanol–water partition coefficient (Wildman–Crippen LogP) is 0.241. The van der Waals surface area contributed by atoms with Gasteiger partial charge in [0.2, 0.25) is 0 Å². The van der Waals surface area contributed by atoms with Gasteiger partial charge in [0.1, 0.15) is 5.69 Å². The number of nitrogens with two attached hydrogens (primary N) is 1. The van der Waals surface area contributed by atoms with Crippen LogP contribution in [0.4, 0.5) is 5.82 Å². The van der Waals surface area contributed by atoms with Gasteiger partial charge in [-0.05, 0) is 11.5 Å². The number of rotatable bonds is 3.